The molecule has 1 aromatic heterocycles. The number of para-hydroxylation sites is 1. The number of nitrogens with one attached hydrogen (secondary N) is 1. The molecule has 0 spiro atoms. The topological polar surface area (TPSA) is 48.5 Å². The fraction of sp³-hybridized carbons (Fsp3) is 0.579. The Kier molecular flexibility index (Phi) is 6.26. The van der Waals surface area contributed by atoms with Crippen molar-refractivity contribution in [1.29, 1.82) is 0 Å². The molecule has 25 heavy (non-hydrogen) atoms. The van der Waals surface area contributed by atoms with Gasteiger partial charge in [0.25, 0.3) is 0 Å². The number of hydrogen-bond donors (Lipinski definition) is 1. The highest BCUT2D eigenvalue weighted by molar-refractivity contribution is 7.22. The van der Waals surface area contributed by atoms with E-state index in [2.05, 4.69) is 40.2 Å². The number of piperazine rings is 1. The van der Waals surface area contributed by atoms with Crippen molar-refractivity contribution < 1.29 is 4.79 Å². The van der Waals surface area contributed by atoms with Crippen molar-refractivity contribution in [3.63, 3.8) is 0 Å². The Hall–Kier alpha value is -1.66. The van der Waals surface area contributed by atoms with Crippen LogP contribution in [0.25, 0.3) is 10.2 Å². The lowest BCUT2D eigenvalue weighted by atomic mass is 10.1. The van der Waals surface area contributed by atoms with E-state index in [1.807, 2.05) is 6.92 Å². The first-order valence-corrected chi connectivity index (χ1v) is 10.1. The molecule has 2 heterocycles. The summed E-state index contributed by atoms with van der Waals surface area (Å²) < 4.78 is 1.29. The predicted molar refractivity (Wildman–Crippen MR) is 106 cm³/mol. The fourth-order valence-electron chi connectivity index (χ4n) is 3.25. The molecular formula is C19H28N4OS. The van der Waals surface area contributed by atoms with E-state index in [1.165, 1.54) is 15.8 Å². The van der Waals surface area contributed by atoms with Gasteiger partial charge in [-0.1, -0.05) is 37.3 Å². The highest BCUT2D eigenvalue weighted by atomic mass is 32.1. The number of aromatic nitrogens is 1. The quantitative estimate of drug-likeness (QED) is 0.825. The molecule has 1 aliphatic heterocycles. The second kappa shape index (κ2) is 8.63. The molecule has 3 rings (SSSR count). The third-order valence-electron chi connectivity index (χ3n) is 4.74. The Morgan fingerprint density at radius 1 is 1.24 bits per heavy atom. The number of benzene rings is 1. The van der Waals surface area contributed by atoms with Crippen molar-refractivity contribution in [3.8, 4) is 0 Å². The summed E-state index contributed by atoms with van der Waals surface area (Å²) in [6.45, 7) is 9.97. The van der Waals surface area contributed by atoms with Gasteiger partial charge in [-0.25, -0.2) is 4.98 Å². The lowest BCUT2D eigenvalue weighted by Crippen LogP contribution is -2.48. The highest BCUT2D eigenvalue weighted by Gasteiger charge is 2.20. The molecule has 1 saturated heterocycles. The molecule has 2 aromatic rings. The SMILES string of the molecule is CCCC(=O)NCCN1CCN(c2nc3c(CC)cccc3s2)CC1. The van der Waals surface area contributed by atoms with E-state index in [1.54, 1.807) is 11.3 Å². The van der Waals surface area contributed by atoms with Gasteiger partial charge in [-0.3, -0.25) is 9.69 Å². The lowest BCUT2D eigenvalue weighted by Gasteiger charge is -2.34. The van der Waals surface area contributed by atoms with Crippen LogP contribution in [0.2, 0.25) is 0 Å². The van der Waals surface area contributed by atoms with E-state index in [4.69, 9.17) is 4.98 Å². The largest absolute Gasteiger partial charge is 0.355 e. The second-order valence-electron chi connectivity index (χ2n) is 6.54. The highest BCUT2D eigenvalue weighted by Crippen LogP contribution is 2.31. The summed E-state index contributed by atoms with van der Waals surface area (Å²) in [5, 5.41) is 4.14. The molecule has 1 fully saturated rings. The number of fused-ring (bicyclic) bond motifs is 1. The summed E-state index contributed by atoms with van der Waals surface area (Å²) in [5.74, 6) is 0.169. The number of aryl methyl sites for hydroxylation is 1. The fourth-order valence-corrected chi connectivity index (χ4v) is 4.31. The van der Waals surface area contributed by atoms with E-state index in [-0.39, 0.29) is 5.91 Å². The van der Waals surface area contributed by atoms with Gasteiger partial charge in [0.2, 0.25) is 5.91 Å². The first kappa shape index (κ1) is 18.1. The zero-order valence-electron chi connectivity index (χ0n) is 15.3. The Balaban J connectivity index is 1.51. The zero-order valence-corrected chi connectivity index (χ0v) is 16.1. The third kappa shape index (κ3) is 4.50. The number of hydrogen-bond acceptors (Lipinski definition) is 5. The number of thiazole rings is 1. The van der Waals surface area contributed by atoms with Crippen LogP contribution in [-0.4, -0.2) is 55.1 Å². The van der Waals surface area contributed by atoms with Crippen LogP contribution in [0, 0.1) is 0 Å². The number of carbonyl (C=O) groups excluding carboxylic acids is 1. The van der Waals surface area contributed by atoms with Gasteiger partial charge in [0.15, 0.2) is 5.13 Å². The minimum Gasteiger partial charge on any atom is -0.355 e. The van der Waals surface area contributed by atoms with E-state index in [9.17, 15) is 4.79 Å². The molecule has 6 heteroatoms. The van der Waals surface area contributed by atoms with Crippen molar-refractivity contribution in [3.05, 3.63) is 23.8 Å². The Bertz CT molecular complexity index is 707. The van der Waals surface area contributed by atoms with E-state index < -0.39 is 0 Å². The number of nitrogens with zero attached hydrogens (tertiary/aromatic N) is 3. The van der Waals surface area contributed by atoms with Gasteiger partial charge in [-0.05, 0) is 24.5 Å². The van der Waals surface area contributed by atoms with Gasteiger partial charge in [0.05, 0.1) is 10.2 Å². The summed E-state index contributed by atoms with van der Waals surface area (Å²) in [6, 6.07) is 6.48. The molecule has 0 bridgehead atoms. The van der Waals surface area contributed by atoms with Gasteiger partial charge in [-0.2, -0.15) is 0 Å². The maximum absolute atomic E-state index is 11.5. The number of carbonyl (C=O) groups is 1. The summed E-state index contributed by atoms with van der Waals surface area (Å²) in [7, 11) is 0. The lowest BCUT2D eigenvalue weighted by molar-refractivity contribution is -0.121. The van der Waals surface area contributed by atoms with Crippen molar-refractivity contribution in [2.24, 2.45) is 0 Å². The Morgan fingerprint density at radius 3 is 2.76 bits per heavy atom. The van der Waals surface area contributed by atoms with Gasteiger partial charge in [0, 0.05) is 45.7 Å². The molecule has 0 unspecified atom stereocenters. The molecule has 0 radical (unpaired) electrons. The van der Waals surface area contributed by atoms with Gasteiger partial charge in [0.1, 0.15) is 0 Å². The van der Waals surface area contributed by atoms with Gasteiger partial charge < -0.3 is 10.2 Å². The average molecular weight is 361 g/mol. The van der Waals surface area contributed by atoms with Crippen LogP contribution in [0.5, 0.6) is 0 Å². The van der Waals surface area contributed by atoms with Crippen LogP contribution in [0.1, 0.15) is 32.3 Å². The molecule has 0 atom stereocenters. The van der Waals surface area contributed by atoms with Gasteiger partial charge in [-0.15, -0.1) is 0 Å². The van der Waals surface area contributed by atoms with Crippen molar-refractivity contribution in [2.45, 2.75) is 33.1 Å². The van der Waals surface area contributed by atoms with E-state index in [0.717, 1.165) is 57.2 Å². The second-order valence-corrected chi connectivity index (χ2v) is 7.55. The van der Waals surface area contributed by atoms with Crippen LogP contribution < -0.4 is 10.2 Å². The Morgan fingerprint density at radius 2 is 2.04 bits per heavy atom. The maximum Gasteiger partial charge on any atom is 0.220 e. The van der Waals surface area contributed by atoms with Crippen LogP contribution in [0.3, 0.4) is 0 Å². The first-order valence-electron chi connectivity index (χ1n) is 9.33. The van der Waals surface area contributed by atoms with Crippen molar-refractivity contribution in [1.82, 2.24) is 15.2 Å². The normalized spacial score (nSPS) is 15.7. The Labute approximate surface area is 154 Å². The van der Waals surface area contributed by atoms with E-state index in [0.29, 0.717) is 6.42 Å². The predicted octanol–water partition coefficient (Wildman–Crippen LogP) is 2.90. The van der Waals surface area contributed by atoms with Crippen LogP contribution >= 0.6 is 11.3 Å². The zero-order chi connectivity index (χ0) is 17.6. The molecule has 1 N–H and O–H groups in total. The summed E-state index contributed by atoms with van der Waals surface area (Å²) in [4.78, 5) is 21.2. The number of amides is 1. The van der Waals surface area contributed by atoms with Crippen molar-refractivity contribution >= 4 is 32.6 Å². The summed E-state index contributed by atoms with van der Waals surface area (Å²) in [6.07, 6.45) is 2.57. The molecule has 136 valence electrons. The molecule has 0 aliphatic carbocycles. The molecule has 0 saturated carbocycles. The number of rotatable bonds is 7. The number of anilines is 1. The summed E-state index contributed by atoms with van der Waals surface area (Å²) >= 11 is 1.80. The van der Waals surface area contributed by atoms with Gasteiger partial charge >= 0.3 is 0 Å². The average Bonchev–Trinajstić information content (AvgIpc) is 3.06. The molecular weight excluding hydrogens is 332 g/mol. The minimum absolute atomic E-state index is 0.169. The molecule has 1 amide bonds. The first-order chi connectivity index (χ1) is 12.2. The minimum atomic E-state index is 0.169. The summed E-state index contributed by atoms with van der Waals surface area (Å²) in [5.41, 5.74) is 2.51. The standard InChI is InChI=1S/C19H28N4OS/c1-3-6-17(24)20-9-10-22-11-13-23(14-12-22)19-21-18-15(4-2)7-5-8-16(18)25-19/h5,7-8H,3-4,6,9-14H2,1-2H3,(H,20,24). The molecule has 1 aliphatic rings. The van der Waals surface area contributed by atoms with Crippen LogP contribution in [-0.2, 0) is 11.2 Å². The smallest absolute Gasteiger partial charge is 0.220 e. The maximum atomic E-state index is 11.5. The molecule has 1 aromatic carbocycles. The van der Waals surface area contributed by atoms with Crippen molar-refractivity contribution in [2.75, 3.05) is 44.2 Å². The van der Waals surface area contributed by atoms with Crippen LogP contribution in [0.4, 0.5) is 5.13 Å². The van der Waals surface area contributed by atoms with Crippen LogP contribution in [0.15, 0.2) is 18.2 Å². The van der Waals surface area contributed by atoms with E-state index >= 15 is 0 Å². The molecule has 5 nitrogen and oxygen atoms in total. The monoisotopic (exact) mass is 360 g/mol. The third-order valence-corrected chi connectivity index (χ3v) is 5.82.